The summed E-state index contributed by atoms with van der Waals surface area (Å²) in [6.45, 7) is 8.78. The second-order valence-corrected chi connectivity index (χ2v) is 3.67. The third-order valence-electron chi connectivity index (χ3n) is 2.58. The first-order valence-corrected chi connectivity index (χ1v) is 5.56. The van der Waals surface area contributed by atoms with Gasteiger partial charge in [0.2, 0.25) is 0 Å². The zero-order valence-electron chi connectivity index (χ0n) is 9.81. The Hall–Kier alpha value is -0.870. The van der Waals surface area contributed by atoms with Gasteiger partial charge >= 0.3 is 0 Å². The zero-order chi connectivity index (χ0) is 11.1. The van der Waals surface area contributed by atoms with Crippen LogP contribution < -0.4 is 5.32 Å². The highest BCUT2D eigenvalue weighted by atomic mass is 16.5. The fourth-order valence-corrected chi connectivity index (χ4v) is 1.42. The fraction of sp³-hybridized carbons (Fsp3) is 0.727. The number of hydrogen-bond donors (Lipinski definition) is 1. The van der Waals surface area contributed by atoms with E-state index in [9.17, 15) is 0 Å². The topological polar surface area (TPSA) is 39.1 Å². The molecular weight excluding hydrogens is 190 g/mol. The van der Waals surface area contributed by atoms with Crippen molar-refractivity contribution in [2.45, 2.75) is 32.9 Å². The average molecular weight is 211 g/mol. The number of nitrogens with zero attached hydrogens (tertiary/aromatic N) is 2. The van der Waals surface area contributed by atoms with Gasteiger partial charge in [0.25, 0.3) is 0 Å². The molecule has 0 unspecified atom stereocenters. The van der Waals surface area contributed by atoms with Gasteiger partial charge in [-0.15, -0.1) is 0 Å². The Bertz CT molecular complexity index is 248. The van der Waals surface area contributed by atoms with E-state index >= 15 is 0 Å². The highest BCUT2D eigenvalue weighted by molar-refractivity contribution is 4.83. The van der Waals surface area contributed by atoms with Crippen LogP contribution in [-0.2, 0) is 4.74 Å². The van der Waals surface area contributed by atoms with E-state index in [1.54, 1.807) is 0 Å². The summed E-state index contributed by atoms with van der Waals surface area (Å²) in [4.78, 5) is 0. The fourth-order valence-electron chi connectivity index (χ4n) is 1.42. The standard InChI is InChI=1S/C11H21N3O/c1-4-15-9-7-12-10(2)11(3)14-8-5-6-13-14/h5-6,8,10-12H,4,7,9H2,1-3H3/t10-,11-/m1/s1. The molecule has 4 nitrogen and oxygen atoms in total. The van der Waals surface area contributed by atoms with Crippen LogP contribution in [0.3, 0.4) is 0 Å². The lowest BCUT2D eigenvalue weighted by Gasteiger charge is -2.21. The molecule has 1 N–H and O–H groups in total. The first-order chi connectivity index (χ1) is 7.25. The lowest BCUT2D eigenvalue weighted by molar-refractivity contribution is 0.145. The zero-order valence-corrected chi connectivity index (χ0v) is 9.81. The van der Waals surface area contributed by atoms with Crippen LogP contribution in [0.4, 0.5) is 0 Å². The van der Waals surface area contributed by atoms with Gasteiger partial charge in [-0.2, -0.15) is 5.10 Å². The van der Waals surface area contributed by atoms with E-state index in [4.69, 9.17) is 4.74 Å². The summed E-state index contributed by atoms with van der Waals surface area (Å²) in [5.41, 5.74) is 0. The molecule has 0 aliphatic carbocycles. The lowest BCUT2D eigenvalue weighted by atomic mass is 10.2. The number of nitrogens with one attached hydrogen (secondary N) is 1. The first-order valence-electron chi connectivity index (χ1n) is 5.56. The number of hydrogen-bond acceptors (Lipinski definition) is 3. The maximum Gasteiger partial charge on any atom is 0.0641 e. The van der Waals surface area contributed by atoms with Gasteiger partial charge in [-0.25, -0.2) is 0 Å². The molecule has 2 atom stereocenters. The van der Waals surface area contributed by atoms with Crippen LogP contribution in [0, 0.1) is 0 Å². The maximum atomic E-state index is 5.27. The molecule has 0 aliphatic heterocycles. The van der Waals surface area contributed by atoms with E-state index in [0.29, 0.717) is 12.1 Å². The second-order valence-electron chi connectivity index (χ2n) is 3.67. The molecule has 86 valence electrons. The van der Waals surface area contributed by atoms with Gasteiger partial charge in [-0.05, 0) is 26.8 Å². The quantitative estimate of drug-likeness (QED) is 0.694. The van der Waals surface area contributed by atoms with E-state index in [-0.39, 0.29) is 0 Å². The lowest BCUT2D eigenvalue weighted by Crippen LogP contribution is -2.36. The van der Waals surface area contributed by atoms with Gasteiger partial charge in [-0.1, -0.05) is 0 Å². The van der Waals surface area contributed by atoms with E-state index in [1.807, 2.05) is 30.1 Å². The number of rotatable bonds is 7. The highest BCUT2D eigenvalue weighted by Crippen LogP contribution is 2.08. The van der Waals surface area contributed by atoms with Crippen molar-refractivity contribution in [2.75, 3.05) is 19.8 Å². The van der Waals surface area contributed by atoms with Crippen LogP contribution in [0.25, 0.3) is 0 Å². The van der Waals surface area contributed by atoms with Crippen LogP contribution in [0.2, 0.25) is 0 Å². The Morgan fingerprint density at radius 3 is 2.87 bits per heavy atom. The van der Waals surface area contributed by atoms with Crippen molar-refractivity contribution in [3.05, 3.63) is 18.5 Å². The molecule has 0 saturated carbocycles. The summed E-state index contributed by atoms with van der Waals surface area (Å²) in [5, 5.41) is 7.65. The summed E-state index contributed by atoms with van der Waals surface area (Å²) in [6.07, 6.45) is 3.80. The molecule has 0 bridgehead atoms. The van der Waals surface area contributed by atoms with Crippen molar-refractivity contribution in [2.24, 2.45) is 0 Å². The molecule has 0 amide bonds. The summed E-state index contributed by atoms with van der Waals surface area (Å²) in [5.74, 6) is 0. The molecule has 0 aromatic carbocycles. The van der Waals surface area contributed by atoms with Gasteiger partial charge in [0.1, 0.15) is 0 Å². The number of ether oxygens (including phenoxy) is 1. The summed E-state index contributed by atoms with van der Waals surface area (Å²) < 4.78 is 7.24. The minimum absolute atomic E-state index is 0.363. The van der Waals surface area contributed by atoms with Gasteiger partial charge in [0.15, 0.2) is 0 Å². The Morgan fingerprint density at radius 2 is 2.27 bits per heavy atom. The van der Waals surface area contributed by atoms with Crippen LogP contribution in [0.1, 0.15) is 26.8 Å². The summed E-state index contributed by atoms with van der Waals surface area (Å²) in [7, 11) is 0. The Labute approximate surface area is 91.6 Å². The molecule has 0 spiro atoms. The minimum Gasteiger partial charge on any atom is -0.380 e. The Balaban J connectivity index is 2.24. The Morgan fingerprint density at radius 1 is 1.47 bits per heavy atom. The van der Waals surface area contributed by atoms with Crippen molar-refractivity contribution in [3.63, 3.8) is 0 Å². The maximum absolute atomic E-state index is 5.27. The molecule has 1 aromatic rings. The third kappa shape index (κ3) is 4.01. The Kier molecular flexibility index (Phi) is 5.36. The van der Waals surface area contributed by atoms with Crippen molar-refractivity contribution >= 4 is 0 Å². The van der Waals surface area contributed by atoms with E-state index in [2.05, 4.69) is 24.3 Å². The first kappa shape index (κ1) is 12.2. The van der Waals surface area contributed by atoms with Gasteiger partial charge in [-0.3, -0.25) is 4.68 Å². The highest BCUT2D eigenvalue weighted by Gasteiger charge is 2.12. The molecule has 15 heavy (non-hydrogen) atoms. The molecule has 0 aliphatic rings. The molecule has 0 saturated heterocycles. The molecular formula is C11H21N3O. The van der Waals surface area contributed by atoms with Crippen LogP contribution in [0.15, 0.2) is 18.5 Å². The largest absolute Gasteiger partial charge is 0.380 e. The predicted octanol–water partition coefficient (Wildman–Crippen LogP) is 1.46. The molecule has 0 radical (unpaired) electrons. The molecule has 4 heteroatoms. The third-order valence-corrected chi connectivity index (χ3v) is 2.58. The molecule has 0 fully saturated rings. The van der Waals surface area contributed by atoms with Crippen LogP contribution >= 0.6 is 0 Å². The van der Waals surface area contributed by atoms with Crippen molar-refractivity contribution < 1.29 is 4.74 Å². The molecule has 1 aromatic heterocycles. The predicted molar refractivity (Wildman–Crippen MR) is 60.9 cm³/mol. The minimum atomic E-state index is 0.363. The summed E-state index contributed by atoms with van der Waals surface area (Å²) >= 11 is 0. The van der Waals surface area contributed by atoms with Crippen LogP contribution in [-0.4, -0.2) is 35.6 Å². The SMILES string of the molecule is CCOCCN[C@H](C)[C@@H](C)n1cccn1. The smallest absolute Gasteiger partial charge is 0.0641 e. The van der Waals surface area contributed by atoms with Gasteiger partial charge in [0, 0.05) is 31.6 Å². The van der Waals surface area contributed by atoms with Crippen molar-refractivity contribution in [1.29, 1.82) is 0 Å². The van der Waals surface area contributed by atoms with Crippen molar-refractivity contribution in [1.82, 2.24) is 15.1 Å². The van der Waals surface area contributed by atoms with Gasteiger partial charge < -0.3 is 10.1 Å². The number of aromatic nitrogens is 2. The monoisotopic (exact) mass is 211 g/mol. The molecule has 1 rings (SSSR count). The average Bonchev–Trinajstić information content (AvgIpc) is 2.76. The van der Waals surface area contributed by atoms with E-state index < -0.39 is 0 Å². The second kappa shape index (κ2) is 6.58. The van der Waals surface area contributed by atoms with Crippen LogP contribution in [0.5, 0.6) is 0 Å². The summed E-state index contributed by atoms with van der Waals surface area (Å²) in [6, 6.07) is 2.70. The molecule has 1 heterocycles. The normalized spacial score (nSPS) is 15.1. The van der Waals surface area contributed by atoms with Crippen molar-refractivity contribution in [3.8, 4) is 0 Å². The van der Waals surface area contributed by atoms with E-state index in [0.717, 1.165) is 19.8 Å². The van der Waals surface area contributed by atoms with Gasteiger partial charge in [0.05, 0.1) is 12.6 Å². The van der Waals surface area contributed by atoms with E-state index in [1.165, 1.54) is 0 Å².